The van der Waals surface area contributed by atoms with Gasteiger partial charge in [0.05, 0.1) is 20.6 Å². The zero-order valence-corrected chi connectivity index (χ0v) is 14.1. The van der Waals surface area contributed by atoms with Crippen molar-refractivity contribution in [3.8, 4) is 11.5 Å². The first-order valence-corrected chi connectivity index (χ1v) is 9.33. The van der Waals surface area contributed by atoms with E-state index in [1.807, 2.05) is 0 Å². The molecule has 0 aromatic heterocycles. The summed E-state index contributed by atoms with van der Waals surface area (Å²) in [7, 11) is -3.34. The highest BCUT2D eigenvalue weighted by Gasteiger charge is 2.29. The first-order chi connectivity index (χ1) is 11.3. The number of non-ortho nitro benzene ring substituents is 1. The predicted octanol–water partition coefficient (Wildman–Crippen LogP) is 4.22. The third-order valence-corrected chi connectivity index (χ3v) is 5.85. The fraction of sp³-hybridized carbons (Fsp3) is 0.250. The highest BCUT2D eigenvalue weighted by Crippen LogP contribution is 2.35. The third kappa shape index (κ3) is 3.85. The number of benzene rings is 2. The van der Waals surface area contributed by atoms with E-state index in [9.17, 15) is 18.5 Å². The summed E-state index contributed by atoms with van der Waals surface area (Å²) < 4.78 is 30.2. The summed E-state index contributed by atoms with van der Waals surface area (Å²) in [6.07, 6.45) is 1.90. The molecule has 8 heteroatoms. The average Bonchev–Trinajstić information content (AvgIpc) is 3.33. The maximum atomic E-state index is 12.3. The van der Waals surface area contributed by atoms with E-state index < -0.39 is 14.8 Å². The average molecular weight is 368 g/mol. The van der Waals surface area contributed by atoms with Crippen molar-refractivity contribution < 1.29 is 18.1 Å². The van der Waals surface area contributed by atoms with Crippen molar-refractivity contribution in [3.63, 3.8) is 0 Å². The topological polar surface area (TPSA) is 86.5 Å². The normalized spacial score (nSPS) is 14.4. The molecule has 126 valence electrons. The second-order valence-corrected chi connectivity index (χ2v) is 8.11. The van der Waals surface area contributed by atoms with E-state index in [-0.39, 0.29) is 33.0 Å². The summed E-state index contributed by atoms with van der Waals surface area (Å²) in [5.41, 5.74) is -0.145. The summed E-state index contributed by atoms with van der Waals surface area (Å²) in [5.74, 6) is 0.930. The van der Waals surface area contributed by atoms with Gasteiger partial charge in [0, 0.05) is 12.1 Å². The van der Waals surface area contributed by atoms with Crippen molar-refractivity contribution in [1.82, 2.24) is 0 Å². The van der Waals surface area contributed by atoms with Crippen LogP contribution in [0.5, 0.6) is 11.5 Å². The lowest BCUT2D eigenvalue weighted by Crippen LogP contribution is -2.08. The first-order valence-electron chi connectivity index (χ1n) is 7.30. The number of hydrogen-bond acceptors (Lipinski definition) is 5. The van der Waals surface area contributed by atoms with Gasteiger partial charge in [-0.05, 0) is 43.0 Å². The monoisotopic (exact) mass is 367 g/mol. The molecule has 1 aliphatic carbocycles. The van der Waals surface area contributed by atoms with Crippen LogP contribution >= 0.6 is 11.6 Å². The smallest absolute Gasteiger partial charge is 0.271 e. The number of rotatable bonds is 6. The summed E-state index contributed by atoms with van der Waals surface area (Å²) in [6, 6.07) is 10.0. The van der Waals surface area contributed by atoms with Crippen LogP contribution in [0.15, 0.2) is 47.4 Å². The molecular weight excluding hydrogens is 354 g/mol. The number of nitrogens with zero attached hydrogens (tertiary/aromatic N) is 1. The van der Waals surface area contributed by atoms with Crippen molar-refractivity contribution in [2.75, 3.05) is 5.75 Å². The summed E-state index contributed by atoms with van der Waals surface area (Å²) in [4.78, 5) is 10.4. The molecule has 0 atom stereocenters. The van der Waals surface area contributed by atoms with Crippen LogP contribution in [-0.4, -0.2) is 19.1 Å². The molecule has 2 aromatic carbocycles. The maximum Gasteiger partial charge on any atom is 0.271 e. The first kappa shape index (κ1) is 16.7. The van der Waals surface area contributed by atoms with Crippen molar-refractivity contribution in [2.24, 2.45) is 5.92 Å². The molecule has 3 rings (SSSR count). The molecule has 0 N–H and O–H groups in total. The maximum absolute atomic E-state index is 12.3. The molecule has 0 heterocycles. The van der Waals surface area contributed by atoms with Crippen LogP contribution < -0.4 is 4.74 Å². The minimum absolute atomic E-state index is 0.0791. The molecule has 0 amide bonds. The molecule has 1 aliphatic rings. The Labute approximate surface area is 144 Å². The number of halogens is 1. The van der Waals surface area contributed by atoms with E-state index in [0.29, 0.717) is 5.75 Å². The second kappa shape index (κ2) is 6.41. The van der Waals surface area contributed by atoms with Crippen LogP contribution in [-0.2, 0) is 9.84 Å². The fourth-order valence-corrected chi connectivity index (χ4v) is 4.18. The van der Waals surface area contributed by atoms with Crippen LogP contribution in [0, 0.1) is 16.0 Å². The molecule has 0 radical (unpaired) electrons. The van der Waals surface area contributed by atoms with E-state index in [4.69, 9.17) is 16.3 Å². The molecule has 1 saturated carbocycles. The van der Waals surface area contributed by atoms with Gasteiger partial charge in [0.2, 0.25) is 0 Å². The van der Waals surface area contributed by atoms with Crippen molar-refractivity contribution in [2.45, 2.75) is 17.7 Å². The molecule has 0 aliphatic heterocycles. The second-order valence-electron chi connectivity index (χ2n) is 5.67. The molecule has 0 saturated heterocycles. The fourth-order valence-electron chi connectivity index (χ4n) is 2.24. The van der Waals surface area contributed by atoms with Crippen LogP contribution in [0.25, 0.3) is 0 Å². The van der Waals surface area contributed by atoms with Crippen LogP contribution in [0.3, 0.4) is 0 Å². The number of ether oxygens (including phenoxy) is 1. The third-order valence-electron chi connectivity index (χ3n) is 3.67. The lowest BCUT2D eigenvalue weighted by molar-refractivity contribution is -0.384. The molecule has 2 aromatic rings. The van der Waals surface area contributed by atoms with Gasteiger partial charge in [-0.3, -0.25) is 10.1 Å². The van der Waals surface area contributed by atoms with Gasteiger partial charge in [-0.1, -0.05) is 17.7 Å². The number of hydrogen-bond donors (Lipinski definition) is 0. The highest BCUT2D eigenvalue weighted by molar-refractivity contribution is 7.91. The van der Waals surface area contributed by atoms with Crippen molar-refractivity contribution in [1.29, 1.82) is 0 Å². The Morgan fingerprint density at radius 2 is 1.96 bits per heavy atom. The molecule has 0 spiro atoms. The molecule has 0 unspecified atom stereocenters. The Bertz CT molecular complexity index is 893. The molecular formula is C16H14ClNO5S. The van der Waals surface area contributed by atoms with Gasteiger partial charge in [0.1, 0.15) is 11.5 Å². The summed E-state index contributed by atoms with van der Waals surface area (Å²) in [5, 5.41) is 10.8. The van der Waals surface area contributed by atoms with E-state index in [1.54, 1.807) is 12.1 Å². The Morgan fingerprint density at radius 3 is 2.58 bits per heavy atom. The number of sulfone groups is 1. The Balaban J connectivity index is 1.83. The zero-order chi connectivity index (χ0) is 17.3. The van der Waals surface area contributed by atoms with Crippen LogP contribution in [0.1, 0.15) is 12.8 Å². The standard InChI is InChI=1S/C16H14ClNO5S/c17-15-8-12(18(19)20)6-7-16(15)23-13-2-1-3-14(9-13)24(21,22)10-11-4-5-11/h1-3,6-9,11H,4-5,10H2. The van der Waals surface area contributed by atoms with E-state index >= 15 is 0 Å². The van der Waals surface area contributed by atoms with E-state index in [0.717, 1.165) is 12.8 Å². The van der Waals surface area contributed by atoms with Crippen molar-refractivity contribution in [3.05, 3.63) is 57.6 Å². The van der Waals surface area contributed by atoms with Crippen LogP contribution in [0.4, 0.5) is 5.69 Å². The van der Waals surface area contributed by atoms with Crippen molar-refractivity contribution >= 4 is 27.1 Å². The van der Waals surface area contributed by atoms with E-state index in [1.165, 1.54) is 30.3 Å². The van der Waals surface area contributed by atoms with Gasteiger partial charge in [-0.2, -0.15) is 0 Å². The summed E-state index contributed by atoms with van der Waals surface area (Å²) in [6.45, 7) is 0. The predicted molar refractivity (Wildman–Crippen MR) is 89.4 cm³/mol. The Kier molecular flexibility index (Phi) is 4.47. The van der Waals surface area contributed by atoms with Gasteiger partial charge in [-0.25, -0.2) is 8.42 Å². The van der Waals surface area contributed by atoms with Gasteiger partial charge in [0.15, 0.2) is 9.84 Å². The molecule has 6 nitrogen and oxygen atoms in total. The molecule has 1 fully saturated rings. The number of nitro benzene ring substituents is 1. The molecule has 0 bridgehead atoms. The zero-order valence-electron chi connectivity index (χ0n) is 12.5. The SMILES string of the molecule is O=[N+]([O-])c1ccc(Oc2cccc(S(=O)(=O)CC3CC3)c2)c(Cl)c1. The van der Waals surface area contributed by atoms with Crippen LogP contribution in [0.2, 0.25) is 5.02 Å². The minimum Gasteiger partial charge on any atom is -0.456 e. The molecule has 24 heavy (non-hydrogen) atoms. The number of nitro groups is 1. The lowest BCUT2D eigenvalue weighted by Gasteiger charge is -2.09. The Morgan fingerprint density at radius 1 is 1.21 bits per heavy atom. The van der Waals surface area contributed by atoms with Gasteiger partial charge < -0.3 is 4.74 Å². The minimum atomic E-state index is -3.34. The van der Waals surface area contributed by atoms with Gasteiger partial charge >= 0.3 is 0 Å². The Hall–Kier alpha value is -2.12. The van der Waals surface area contributed by atoms with E-state index in [2.05, 4.69) is 0 Å². The van der Waals surface area contributed by atoms with Gasteiger partial charge in [0.25, 0.3) is 5.69 Å². The highest BCUT2D eigenvalue weighted by atomic mass is 35.5. The lowest BCUT2D eigenvalue weighted by atomic mass is 10.3. The quantitative estimate of drug-likeness (QED) is 0.563. The largest absolute Gasteiger partial charge is 0.456 e. The van der Waals surface area contributed by atoms with Gasteiger partial charge in [-0.15, -0.1) is 0 Å². The summed E-state index contributed by atoms with van der Waals surface area (Å²) >= 11 is 5.98.